The topological polar surface area (TPSA) is 515 Å². The summed E-state index contributed by atoms with van der Waals surface area (Å²) in [7, 11) is 4.02. The van der Waals surface area contributed by atoms with E-state index in [2.05, 4.69) is 64.6 Å². The summed E-state index contributed by atoms with van der Waals surface area (Å²) in [5.74, 6) is -16.1. The molecular formula is C49H42N10O28. The number of aliphatic carboxylic acids is 2. The van der Waals surface area contributed by atoms with Crippen LogP contribution < -0.4 is 50.3 Å². The van der Waals surface area contributed by atoms with E-state index in [1.54, 1.807) is 0 Å². The van der Waals surface area contributed by atoms with E-state index in [-0.39, 0.29) is 22.8 Å². The quantitative estimate of drug-likeness (QED) is 0.0247. The maximum absolute atomic E-state index is 13.3. The Hall–Kier alpha value is -12.7. The molecule has 0 aliphatic rings. The van der Waals surface area contributed by atoms with E-state index in [0.717, 1.165) is 90.0 Å². The summed E-state index contributed by atoms with van der Waals surface area (Å²) in [6.07, 6.45) is -4.69. The van der Waals surface area contributed by atoms with Crippen LogP contribution in [-0.4, -0.2) is 180 Å². The van der Waals surface area contributed by atoms with E-state index in [1.807, 2.05) is 10.6 Å². The Morgan fingerprint density at radius 2 is 0.586 bits per heavy atom. The highest BCUT2D eigenvalue weighted by Crippen LogP contribution is 2.29. The van der Waals surface area contributed by atoms with Gasteiger partial charge in [-0.2, -0.15) is 0 Å². The third-order valence-corrected chi connectivity index (χ3v) is 9.65. The molecule has 0 aliphatic heterocycles. The summed E-state index contributed by atoms with van der Waals surface area (Å²) in [5.41, 5.74) is -3.88. The molecule has 0 spiro atoms. The van der Waals surface area contributed by atoms with E-state index < -0.39 is 180 Å². The molecule has 0 atom stereocenters. The van der Waals surface area contributed by atoms with Crippen molar-refractivity contribution in [2.45, 2.75) is 6.92 Å². The molecular weight excluding hydrogens is 1180 g/mol. The van der Waals surface area contributed by atoms with E-state index in [0.29, 0.717) is 0 Å². The molecule has 5 heterocycles. The molecule has 5 rings (SSSR count). The molecule has 0 aromatic carbocycles. The number of ether oxygens (including phenoxy) is 12. The molecule has 5 aromatic heterocycles. The summed E-state index contributed by atoms with van der Waals surface area (Å²) in [5, 5.41) is 28.9. The van der Waals surface area contributed by atoms with Gasteiger partial charge in [0.15, 0.2) is 55.8 Å². The Kier molecular flexibility index (Phi) is 23.2. The third-order valence-electron chi connectivity index (χ3n) is 9.65. The van der Waals surface area contributed by atoms with Gasteiger partial charge in [0, 0.05) is 6.92 Å². The van der Waals surface area contributed by atoms with Crippen molar-refractivity contribution in [3.8, 4) is 29.4 Å². The number of amides is 5. The van der Waals surface area contributed by atoms with Crippen molar-refractivity contribution in [3.05, 3.63) is 89.1 Å². The van der Waals surface area contributed by atoms with Crippen molar-refractivity contribution in [3.63, 3.8) is 0 Å². The molecule has 0 bridgehead atoms. The fourth-order valence-electron chi connectivity index (χ4n) is 6.05. The first-order valence-electron chi connectivity index (χ1n) is 23.5. The van der Waals surface area contributed by atoms with Crippen LogP contribution in [0.25, 0.3) is 0 Å². The first-order valence-corrected chi connectivity index (χ1v) is 23.5. The smallest absolute Gasteiger partial charge is 0.419 e. The van der Waals surface area contributed by atoms with Crippen LogP contribution in [0.2, 0.25) is 0 Å². The lowest BCUT2D eigenvalue weighted by Gasteiger charge is -2.14. The number of methoxy groups -OCH3 is 4. The number of carbonyl (C=O) groups is 14. The van der Waals surface area contributed by atoms with E-state index in [9.17, 15) is 67.1 Å². The van der Waals surface area contributed by atoms with Gasteiger partial charge in [0.05, 0.1) is 28.4 Å². The summed E-state index contributed by atoms with van der Waals surface area (Å²) < 4.78 is 58.5. The zero-order valence-electron chi connectivity index (χ0n) is 45.1. The first kappa shape index (κ1) is 65.1. The highest BCUT2D eigenvalue weighted by molar-refractivity contribution is 6.05. The lowest BCUT2D eigenvalue weighted by molar-refractivity contribution is -0.140. The van der Waals surface area contributed by atoms with Crippen LogP contribution in [0.3, 0.4) is 0 Å². The average molecular weight is 1220 g/mol. The van der Waals surface area contributed by atoms with Gasteiger partial charge in [-0.25, -0.2) is 82.5 Å². The molecule has 0 unspecified atom stereocenters. The van der Waals surface area contributed by atoms with Crippen molar-refractivity contribution in [2.75, 3.05) is 88.1 Å². The summed E-state index contributed by atoms with van der Waals surface area (Å²) in [6.45, 7) is -4.33. The lowest BCUT2D eigenvalue weighted by Crippen LogP contribution is -2.26. The molecule has 87 heavy (non-hydrogen) atoms. The van der Waals surface area contributed by atoms with Crippen molar-refractivity contribution in [1.29, 1.82) is 0 Å². The van der Waals surface area contributed by atoms with E-state index in [4.69, 9.17) is 43.4 Å². The van der Waals surface area contributed by atoms with Gasteiger partial charge in [-0.15, -0.1) is 0 Å². The summed E-state index contributed by atoms with van der Waals surface area (Å²) in [4.78, 5) is 192. The summed E-state index contributed by atoms with van der Waals surface area (Å²) in [6, 6.07) is 10.5. The minimum Gasteiger partial charge on any atom is -0.479 e. The fourth-order valence-corrected chi connectivity index (χ4v) is 6.05. The van der Waals surface area contributed by atoms with E-state index >= 15 is 0 Å². The molecule has 38 heteroatoms. The largest absolute Gasteiger partial charge is 0.479 e. The van der Waals surface area contributed by atoms with Crippen molar-refractivity contribution >= 4 is 112 Å². The van der Waals surface area contributed by atoms with Crippen LogP contribution in [0.4, 0.5) is 42.8 Å². The Morgan fingerprint density at radius 1 is 0.345 bits per heavy atom. The highest BCUT2D eigenvalue weighted by atomic mass is 16.6. The average Bonchev–Trinajstić information content (AvgIpc) is 2.83. The van der Waals surface area contributed by atoms with Gasteiger partial charge in [-0.3, -0.25) is 25.5 Å². The van der Waals surface area contributed by atoms with Gasteiger partial charge in [0.2, 0.25) is 35.3 Å². The van der Waals surface area contributed by atoms with Gasteiger partial charge >= 0.3 is 72.0 Å². The molecule has 0 fully saturated rings. The van der Waals surface area contributed by atoms with Crippen LogP contribution >= 0.6 is 0 Å². The molecule has 5 amide bonds. The predicted octanol–water partition coefficient (Wildman–Crippen LogP) is 1.41. The molecule has 5 aromatic rings. The van der Waals surface area contributed by atoms with Gasteiger partial charge in [-0.05, 0) is 60.7 Å². The first-order chi connectivity index (χ1) is 41.4. The number of carboxylic acid groups (broad SMARTS) is 2. The SMILES string of the molecule is COC(=O)c1ccc(NC(=O)OC(=O)COc2nc(C(=O)OC)ccc2NC(=O)OC(=O)COc2nc(C(=O)OC)ccc2NC(=O)OC(=O)COc2nc(C(=O)OC)ccc2NC(=O)c2ccc(NC(C)=O)c(OCC(=O)O)n2)c(OCC(=O)O)n1. The molecule has 0 radical (unpaired) electrons. The number of esters is 7. The van der Waals surface area contributed by atoms with Crippen LogP contribution in [0, 0.1) is 0 Å². The maximum Gasteiger partial charge on any atom is 0.419 e. The number of nitrogens with one attached hydrogen (secondary N) is 5. The Balaban J connectivity index is 1.22. The minimum absolute atomic E-state index is 0.0875. The minimum atomic E-state index is -1.60. The maximum atomic E-state index is 13.3. The number of aromatic nitrogens is 5. The van der Waals surface area contributed by atoms with Gasteiger partial charge in [0.1, 0.15) is 34.1 Å². The molecule has 0 aliphatic carbocycles. The monoisotopic (exact) mass is 1220 g/mol. The predicted molar refractivity (Wildman–Crippen MR) is 277 cm³/mol. The second-order valence-corrected chi connectivity index (χ2v) is 15.7. The van der Waals surface area contributed by atoms with Crippen molar-refractivity contribution in [2.24, 2.45) is 0 Å². The molecule has 38 nitrogen and oxygen atoms in total. The number of pyridine rings is 5. The zero-order chi connectivity index (χ0) is 63.9. The number of hydrogen-bond acceptors (Lipinski definition) is 31. The summed E-state index contributed by atoms with van der Waals surface area (Å²) >= 11 is 0. The molecule has 7 N–H and O–H groups in total. The molecule has 456 valence electrons. The number of nitrogens with zero attached hydrogens (tertiary/aromatic N) is 5. The second kappa shape index (κ2) is 31.0. The number of carbonyl (C=O) groups excluding carboxylic acids is 12. The van der Waals surface area contributed by atoms with Crippen LogP contribution in [-0.2, 0) is 61.9 Å². The molecule has 0 saturated carbocycles. The van der Waals surface area contributed by atoms with Gasteiger partial charge in [0.25, 0.3) is 5.91 Å². The number of anilines is 5. The lowest BCUT2D eigenvalue weighted by atomic mass is 10.2. The zero-order valence-corrected chi connectivity index (χ0v) is 45.1. The second-order valence-electron chi connectivity index (χ2n) is 15.7. The van der Waals surface area contributed by atoms with Crippen LogP contribution in [0.15, 0.2) is 60.7 Å². The van der Waals surface area contributed by atoms with Gasteiger partial charge < -0.3 is 77.7 Å². The van der Waals surface area contributed by atoms with E-state index in [1.165, 1.54) is 6.07 Å². The molecule has 0 saturated heterocycles. The Labute approximate surface area is 483 Å². The van der Waals surface area contributed by atoms with Gasteiger partial charge in [-0.1, -0.05) is 0 Å². The number of carboxylic acids is 2. The number of rotatable bonds is 25. The fraction of sp³-hybridized carbons (Fsp3) is 0.204. The van der Waals surface area contributed by atoms with Crippen molar-refractivity contribution in [1.82, 2.24) is 24.9 Å². The standard InChI is InChI=1S/C49H42N10O28/c1-21(60)50-23-7-6-22(52-38(23)80-16-32(61)62)37(68)51-24-8-12-28(43(69)76-2)53-39(24)82-18-34(65)85-48(74)58-26-10-14-30(45(71)78-4)55-41(26)84-20-36(67)87-49(75)59-27-11-15-31(46(72)79-5)56-42(27)83-19-35(66)86-47(73)57-25-9-13-29(44(70)77-3)54-40(25)81-17-33(63)64/h6-15H,16-20H2,1-5H3,(H,50,60)(H,51,68)(H,57,73)(H,58,74)(H,59,75)(H,61,62)(H,63,64). The highest BCUT2D eigenvalue weighted by Gasteiger charge is 2.25. The number of hydrogen-bond donors (Lipinski definition) is 7. The van der Waals surface area contributed by atoms with Crippen LogP contribution in [0.1, 0.15) is 59.4 Å². The van der Waals surface area contributed by atoms with Crippen molar-refractivity contribution < 1.29 is 134 Å². The Morgan fingerprint density at radius 3 is 0.851 bits per heavy atom. The normalized spacial score (nSPS) is 10.2. The van der Waals surface area contributed by atoms with Crippen LogP contribution in [0.5, 0.6) is 29.4 Å². The third kappa shape index (κ3) is 19.8. The Bertz CT molecular complexity index is 3580.